The molecule has 0 aliphatic rings. The van der Waals surface area contributed by atoms with Gasteiger partial charge in [0.1, 0.15) is 23.2 Å². The number of aliphatic carboxylic acids is 1. The molecule has 0 aliphatic heterocycles. The number of furan rings is 1. The molecule has 0 unspecified atom stereocenters. The highest BCUT2D eigenvalue weighted by molar-refractivity contribution is 5.95. The first-order chi connectivity index (χ1) is 19.4. The number of nitrogens with one attached hydrogen (secondary N) is 2. The third kappa shape index (κ3) is 7.82. The van der Waals surface area contributed by atoms with Gasteiger partial charge in [0.25, 0.3) is 5.91 Å². The van der Waals surface area contributed by atoms with Gasteiger partial charge in [0, 0.05) is 23.2 Å². The van der Waals surface area contributed by atoms with E-state index in [1.807, 2.05) is 31.2 Å². The van der Waals surface area contributed by atoms with Gasteiger partial charge < -0.3 is 19.6 Å². The minimum Gasteiger partial charge on any atom is -0.480 e. The lowest BCUT2D eigenvalue weighted by Gasteiger charge is -2.19. The number of benzene rings is 3. The van der Waals surface area contributed by atoms with Crippen LogP contribution in [0.2, 0.25) is 0 Å². The lowest BCUT2D eigenvalue weighted by Crippen LogP contribution is -2.42. The van der Waals surface area contributed by atoms with Gasteiger partial charge in [-0.2, -0.15) is 0 Å². The molecule has 9 heteroatoms. The van der Waals surface area contributed by atoms with Crippen molar-refractivity contribution >= 4 is 23.7 Å². The third-order valence-corrected chi connectivity index (χ3v) is 6.08. The van der Waals surface area contributed by atoms with E-state index in [2.05, 4.69) is 10.6 Å². The van der Waals surface area contributed by atoms with Crippen LogP contribution in [-0.4, -0.2) is 34.7 Å². The summed E-state index contributed by atoms with van der Waals surface area (Å²) in [5.41, 5.74) is 2.97. The quantitative estimate of drug-likeness (QED) is 0.218. The standard InChI is InChI=1S/C32H31FN2O6/c1-19-5-8-22(9-6-19)27-15-16-28(40-27)29(36)35-26(30(37)38)18-20-7-14-24(25(33)17-20)21-10-12-23(13-11-21)34-31(39)41-32(2,3)4/h5-17,26H,18H2,1-4H3,(H,34,39)(H,35,36)(H,37,38)/t26-/m0/s1. The topological polar surface area (TPSA) is 118 Å². The number of carboxylic acids is 1. The minimum atomic E-state index is -1.31. The second-order valence-corrected chi connectivity index (χ2v) is 10.6. The Labute approximate surface area is 237 Å². The molecular weight excluding hydrogens is 527 g/mol. The van der Waals surface area contributed by atoms with Crippen molar-refractivity contribution in [3.8, 4) is 22.5 Å². The average molecular weight is 559 g/mol. The maximum Gasteiger partial charge on any atom is 0.412 e. The Morgan fingerprint density at radius 1 is 0.927 bits per heavy atom. The van der Waals surface area contributed by atoms with E-state index in [0.29, 0.717) is 28.1 Å². The van der Waals surface area contributed by atoms with Crippen LogP contribution in [-0.2, 0) is 16.0 Å². The van der Waals surface area contributed by atoms with Gasteiger partial charge in [0.2, 0.25) is 0 Å². The van der Waals surface area contributed by atoms with Crippen LogP contribution in [0.4, 0.5) is 14.9 Å². The van der Waals surface area contributed by atoms with Crippen molar-refractivity contribution in [2.24, 2.45) is 0 Å². The highest BCUT2D eigenvalue weighted by Crippen LogP contribution is 2.26. The highest BCUT2D eigenvalue weighted by Gasteiger charge is 2.24. The molecule has 0 aliphatic carbocycles. The first-order valence-electron chi connectivity index (χ1n) is 13.0. The van der Waals surface area contributed by atoms with Gasteiger partial charge in [-0.05, 0) is 69.2 Å². The van der Waals surface area contributed by atoms with E-state index in [9.17, 15) is 19.5 Å². The molecule has 4 rings (SSSR count). The van der Waals surface area contributed by atoms with Crippen molar-refractivity contribution in [3.05, 3.63) is 102 Å². The lowest BCUT2D eigenvalue weighted by atomic mass is 9.99. The molecular formula is C32H31FN2O6. The summed E-state index contributed by atoms with van der Waals surface area (Å²) in [5.74, 6) is -2.06. The number of aryl methyl sites for hydroxylation is 1. The first-order valence-corrected chi connectivity index (χ1v) is 13.0. The normalized spacial score (nSPS) is 11.9. The van der Waals surface area contributed by atoms with Crippen molar-refractivity contribution in [1.29, 1.82) is 0 Å². The number of carbonyl (C=O) groups excluding carboxylic acids is 2. The molecule has 3 N–H and O–H groups in total. The summed E-state index contributed by atoms with van der Waals surface area (Å²) < 4.78 is 25.9. The number of anilines is 1. The molecule has 4 aromatic rings. The molecule has 0 spiro atoms. The molecule has 8 nitrogen and oxygen atoms in total. The fourth-order valence-electron chi connectivity index (χ4n) is 4.07. The first kappa shape index (κ1) is 29.1. The summed E-state index contributed by atoms with van der Waals surface area (Å²) in [6.07, 6.45) is -0.734. The van der Waals surface area contributed by atoms with Crippen molar-refractivity contribution in [2.45, 2.75) is 45.8 Å². The molecule has 0 saturated heterocycles. The van der Waals surface area contributed by atoms with E-state index in [-0.39, 0.29) is 12.2 Å². The number of ether oxygens (including phenoxy) is 1. The highest BCUT2D eigenvalue weighted by atomic mass is 19.1. The van der Waals surface area contributed by atoms with Gasteiger partial charge in [-0.15, -0.1) is 0 Å². The van der Waals surface area contributed by atoms with Crippen molar-refractivity contribution in [2.75, 3.05) is 5.32 Å². The third-order valence-electron chi connectivity index (χ3n) is 6.08. The number of carboxylic acid groups (broad SMARTS) is 1. The van der Waals surface area contributed by atoms with Crippen LogP contribution in [0.5, 0.6) is 0 Å². The number of halogens is 1. The smallest absolute Gasteiger partial charge is 0.412 e. The van der Waals surface area contributed by atoms with Crippen molar-refractivity contribution < 1.29 is 33.0 Å². The number of hydrogen-bond donors (Lipinski definition) is 3. The van der Waals surface area contributed by atoms with Gasteiger partial charge in [0.15, 0.2) is 5.76 Å². The predicted octanol–water partition coefficient (Wildman–Crippen LogP) is 6.83. The van der Waals surface area contributed by atoms with Crippen LogP contribution in [0.3, 0.4) is 0 Å². The summed E-state index contributed by atoms with van der Waals surface area (Å²) in [7, 11) is 0. The van der Waals surface area contributed by atoms with Crippen LogP contribution in [0.25, 0.3) is 22.5 Å². The monoisotopic (exact) mass is 558 g/mol. The van der Waals surface area contributed by atoms with Crippen molar-refractivity contribution in [1.82, 2.24) is 5.32 Å². The Kier molecular flexibility index (Phi) is 8.56. The predicted molar refractivity (Wildman–Crippen MR) is 153 cm³/mol. The fourth-order valence-corrected chi connectivity index (χ4v) is 4.07. The molecule has 1 aromatic heterocycles. The summed E-state index contributed by atoms with van der Waals surface area (Å²) in [6.45, 7) is 7.24. The van der Waals surface area contributed by atoms with E-state index < -0.39 is 35.4 Å². The SMILES string of the molecule is Cc1ccc(-c2ccc(C(=O)N[C@@H](Cc3ccc(-c4ccc(NC(=O)OC(C)(C)C)cc4)c(F)c3)C(=O)O)o2)cc1. The van der Waals surface area contributed by atoms with E-state index in [1.54, 1.807) is 63.2 Å². The molecule has 2 amide bonds. The minimum absolute atomic E-state index is 0.0297. The van der Waals surface area contributed by atoms with Crippen LogP contribution in [0, 0.1) is 12.7 Å². The average Bonchev–Trinajstić information content (AvgIpc) is 3.39. The molecule has 0 saturated carbocycles. The van der Waals surface area contributed by atoms with Gasteiger partial charge in [-0.1, -0.05) is 54.1 Å². The summed E-state index contributed by atoms with van der Waals surface area (Å²) in [5, 5.41) is 14.8. The Morgan fingerprint density at radius 2 is 1.59 bits per heavy atom. The Balaban J connectivity index is 1.41. The Morgan fingerprint density at radius 3 is 2.20 bits per heavy atom. The molecule has 0 bridgehead atoms. The summed E-state index contributed by atoms with van der Waals surface area (Å²) in [6, 6.07) is 20.3. The summed E-state index contributed by atoms with van der Waals surface area (Å²) >= 11 is 0. The van der Waals surface area contributed by atoms with Crippen LogP contribution in [0.15, 0.2) is 83.3 Å². The van der Waals surface area contributed by atoms with E-state index in [1.165, 1.54) is 12.1 Å². The van der Waals surface area contributed by atoms with Crippen molar-refractivity contribution in [3.63, 3.8) is 0 Å². The zero-order chi connectivity index (χ0) is 29.7. The Bertz CT molecular complexity index is 1550. The zero-order valence-corrected chi connectivity index (χ0v) is 23.2. The number of hydrogen-bond acceptors (Lipinski definition) is 5. The molecule has 3 aromatic carbocycles. The Hall–Kier alpha value is -4.92. The van der Waals surface area contributed by atoms with Gasteiger partial charge in [0.05, 0.1) is 0 Å². The maximum absolute atomic E-state index is 15.1. The zero-order valence-electron chi connectivity index (χ0n) is 23.2. The van der Waals surface area contributed by atoms with Crippen LogP contribution in [0.1, 0.15) is 42.5 Å². The van der Waals surface area contributed by atoms with Crippen LogP contribution < -0.4 is 10.6 Å². The van der Waals surface area contributed by atoms with Crippen LogP contribution >= 0.6 is 0 Å². The second kappa shape index (κ2) is 12.1. The summed E-state index contributed by atoms with van der Waals surface area (Å²) in [4.78, 5) is 36.6. The second-order valence-electron chi connectivity index (χ2n) is 10.6. The number of carbonyl (C=O) groups is 3. The number of amides is 2. The fraction of sp³-hybridized carbons (Fsp3) is 0.219. The van der Waals surface area contributed by atoms with Gasteiger partial charge in [-0.3, -0.25) is 10.1 Å². The molecule has 1 heterocycles. The molecule has 1 atom stereocenters. The van der Waals surface area contributed by atoms with E-state index in [4.69, 9.17) is 9.15 Å². The van der Waals surface area contributed by atoms with Gasteiger partial charge >= 0.3 is 12.1 Å². The maximum atomic E-state index is 15.1. The number of rotatable bonds is 8. The van der Waals surface area contributed by atoms with E-state index in [0.717, 1.165) is 11.1 Å². The molecule has 0 fully saturated rings. The lowest BCUT2D eigenvalue weighted by molar-refractivity contribution is -0.139. The molecule has 41 heavy (non-hydrogen) atoms. The molecule has 0 radical (unpaired) electrons. The molecule has 212 valence electrons. The van der Waals surface area contributed by atoms with E-state index >= 15 is 4.39 Å². The largest absolute Gasteiger partial charge is 0.480 e. The van der Waals surface area contributed by atoms with Gasteiger partial charge in [-0.25, -0.2) is 14.0 Å².